The number of fused-ring (bicyclic) bond motifs is 1. The van der Waals surface area contributed by atoms with Gasteiger partial charge in [-0.05, 0) is 37.1 Å². The zero-order valence-electron chi connectivity index (χ0n) is 16.2. The molecule has 1 aliphatic rings. The number of carbonyl (C=O) groups excluding carboxylic acids is 2. The molecule has 1 aromatic carbocycles. The molecule has 1 amide bonds. The van der Waals surface area contributed by atoms with Crippen LogP contribution in [0.15, 0.2) is 36.5 Å². The summed E-state index contributed by atoms with van der Waals surface area (Å²) in [6.45, 7) is 1.72. The van der Waals surface area contributed by atoms with Crippen molar-refractivity contribution in [1.29, 1.82) is 0 Å². The van der Waals surface area contributed by atoms with Crippen molar-refractivity contribution in [1.82, 2.24) is 14.3 Å². The lowest BCUT2D eigenvalue weighted by atomic mass is 9.98. The molecule has 1 atom stereocenters. The first-order valence-electron chi connectivity index (χ1n) is 9.40. The largest absolute Gasteiger partial charge is 0.420 e. The number of amides is 1. The van der Waals surface area contributed by atoms with Crippen molar-refractivity contribution in [2.45, 2.75) is 25.4 Å². The summed E-state index contributed by atoms with van der Waals surface area (Å²) in [7, 11) is 0. The Morgan fingerprint density at radius 2 is 1.97 bits per heavy atom. The van der Waals surface area contributed by atoms with E-state index in [2.05, 4.69) is 4.98 Å². The molecule has 5 nitrogen and oxygen atoms in total. The van der Waals surface area contributed by atoms with E-state index in [1.807, 2.05) is 0 Å². The second-order valence-corrected chi connectivity index (χ2v) is 7.79. The summed E-state index contributed by atoms with van der Waals surface area (Å²) >= 11 is 6.23. The fourth-order valence-corrected chi connectivity index (χ4v) is 4.03. The maximum Gasteiger partial charge on any atom is 0.420 e. The minimum Gasteiger partial charge on any atom is -0.337 e. The van der Waals surface area contributed by atoms with Gasteiger partial charge in [-0.15, -0.1) is 0 Å². The van der Waals surface area contributed by atoms with Crippen LogP contribution in [0.1, 0.15) is 51.2 Å². The highest BCUT2D eigenvalue weighted by Gasteiger charge is 2.37. The highest BCUT2D eigenvalue weighted by atomic mass is 35.5. The number of aromatic nitrogens is 2. The summed E-state index contributed by atoms with van der Waals surface area (Å²) in [5.74, 6) is -1.69. The highest BCUT2D eigenvalue weighted by Crippen LogP contribution is 2.36. The van der Waals surface area contributed by atoms with Crippen LogP contribution in [0.25, 0.3) is 5.65 Å². The average Bonchev–Trinajstić information content (AvgIpc) is 3.31. The van der Waals surface area contributed by atoms with Gasteiger partial charge in [0.25, 0.3) is 5.91 Å². The third kappa shape index (κ3) is 3.89. The van der Waals surface area contributed by atoms with Crippen molar-refractivity contribution in [3.8, 4) is 0 Å². The number of carbonyl (C=O) groups is 2. The number of ketones is 1. The van der Waals surface area contributed by atoms with E-state index in [1.165, 1.54) is 17.0 Å². The summed E-state index contributed by atoms with van der Waals surface area (Å²) in [6.07, 6.45) is -3.08. The van der Waals surface area contributed by atoms with Crippen LogP contribution in [-0.2, 0) is 6.18 Å². The van der Waals surface area contributed by atoms with Crippen molar-refractivity contribution in [2.24, 2.45) is 0 Å². The molecule has 0 aliphatic carbocycles. The maximum absolute atomic E-state index is 13.5. The number of alkyl halides is 3. The molecule has 2 aromatic heterocycles. The fraction of sp³-hybridized carbons (Fsp3) is 0.286. The molecule has 0 saturated carbocycles. The Morgan fingerprint density at radius 3 is 2.61 bits per heavy atom. The number of pyridine rings is 1. The van der Waals surface area contributed by atoms with Crippen LogP contribution in [-0.4, -0.2) is 39.1 Å². The molecule has 0 bridgehead atoms. The summed E-state index contributed by atoms with van der Waals surface area (Å²) in [5, 5.41) is -0.303. The summed E-state index contributed by atoms with van der Waals surface area (Å²) in [4.78, 5) is 30.0. The van der Waals surface area contributed by atoms with Crippen molar-refractivity contribution >= 4 is 28.9 Å². The van der Waals surface area contributed by atoms with E-state index in [9.17, 15) is 27.2 Å². The number of benzene rings is 1. The summed E-state index contributed by atoms with van der Waals surface area (Å²) in [5.41, 5.74) is -1.49. The van der Waals surface area contributed by atoms with Gasteiger partial charge in [0.15, 0.2) is 17.1 Å². The van der Waals surface area contributed by atoms with Gasteiger partial charge in [-0.1, -0.05) is 23.7 Å². The third-order valence-corrected chi connectivity index (χ3v) is 5.73. The zero-order chi connectivity index (χ0) is 22.5. The molecular formula is C21H16ClF4N3O2. The number of halogens is 5. The molecule has 0 N–H and O–H groups in total. The van der Waals surface area contributed by atoms with Crippen molar-refractivity contribution in [3.05, 3.63) is 69.9 Å². The van der Waals surface area contributed by atoms with E-state index >= 15 is 0 Å². The van der Waals surface area contributed by atoms with Crippen LogP contribution in [0.3, 0.4) is 0 Å². The van der Waals surface area contributed by atoms with Gasteiger partial charge in [-0.3, -0.25) is 14.0 Å². The topological polar surface area (TPSA) is 54.7 Å². The minimum atomic E-state index is -4.79. The molecule has 1 aliphatic heterocycles. The lowest BCUT2D eigenvalue weighted by molar-refractivity contribution is -0.136. The van der Waals surface area contributed by atoms with E-state index in [0.29, 0.717) is 19.0 Å². The predicted molar refractivity (Wildman–Crippen MR) is 105 cm³/mol. The van der Waals surface area contributed by atoms with Crippen LogP contribution in [0, 0.1) is 5.82 Å². The normalized spacial score (nSPS) is 16.8. The van der Waals surface area contributed by atoms with Crippen LogP contribution < -0.4 is 0 Å². The van der Waals surface area contributed by atoms with E-state index in [-0.39, 0.29) is 34.7 Å². The Kier molecular flexibility index (Phi) is 5.25. The number of hydrogen-bond acceptors (Lipinski definition) is 3. The number of Topliss-reactive ketones (excluding diaryl/α,β-unsaturated/α-hetero) is 1. The second kappa shape index (κ2) is 7.64. The van der Waals surface area contributed by atoms with E-state index in [1.54, 1.807) is 12.1 Å². The van der Waals surface area contributed by atoms with E-state index < -0.39 is 29.1 Å². The van der Waals surface area contributed by atoms with Crippen LogP contribution in [0.2, 0.25) is 5.15 Å². The number of likely N-dealkylation sites (tertiary alicyclic amines) is 1. The molecule has 4 rings (SSSR count). The predicted octanol–water partition coefficient (Wildman–Crippen LogP) is 4.98. The first-order chi connectivity index (χ1) is 14.6. The standard InChI is InChI=1S/C21H16ClF4N3O2/c1-11(30)14-8-16(21(24,25)26)19-27-17(18(22)29(19)10-14)20(31)28-6-5-13(9-28)12-3-2-4-15(23)7-12/h2-4,7-8,10,13H,5-6,9H2,1H3. The number of nitrogens with zero attached hydrogens (tertiary/aromatic N) is 3. The SMILES string of the molecule is CC(=O)c1cc(C(F)(F)F)c2nc(C(=O)N3CCC(c4cccc(F)c4)C3)c(Cl)n2c1. The molecular weight excluding hydrogens is 438 g/mol. The number of imidazole rings is 1. The molecule has 3 heterocycles. The van der Waals surface area contributed by atoms with Crippen LogP contribution >= 0.6 is 11.6 Å². The van der Waals surface area contributed by atoms with Crippen molar-refractivity contribution < 1.29 is 27.2 Å². The molecule has 1 fully saturated rings. The molecule has 3 aromatic rings. The molecule has 31 heavy (non-hydrogen) atoms. The first kappa shape index (κ1) is 21.3. The van der Waals surface area contributed by atoms with Gasteiger partial charge >= 0.3 is 6.18 Å². The Balaban J connectivity index is 1.70. The Morgan fingerprint density at radius 1 is 1.23 bits per heavy atom. The van der Waals surface area contributed by atoms with Crippen molar-refractivity contribution in [2.75, 3.05) is 13.1 Å². The Labute approximate surface area is 179 Å². The van der Waals surface area contributed by atoms with Gasteiger partial charge in [0.05, 0.1) is 5.56 Å². The van der Waals surface area contributed by atoms with Crippen LogP contribution in [0.5, 0.6) is 0 Å². The Bertz CT molecular complexity index is 1210. The molecule has 0 radical (unpaired) electrons. The van der Waals surface area contributed by atoms with Crippen molar-refractivity contribution in [3.63, 3.8) is 0 Å². The second-order valence-electron chi connectivity index (χ2n) is 7.43. The fourth-order valence-electron chi connectivity index (χ4n) is 3.78. The molecule has 0 spiro atoms. The van der Waals surface area contributed by atoms with Gasteiger partial charge in [-0.25, -0.2) is 9.37 Å². The molecule has 10 heteroatoms. The highest BCUT2D eigenvalue weighted by molar-refractivity contribution is 6.33. The number of rotatable bonds is 3. The molecule has 1 saturated heterocycles. The quantitative estimate of drug-likeness (QED) is 0.415. The Hall–Kier alpha value is -2.94. The minimum absolute atomic E-state index is 0.106. The zero-order valence-corrected chi connectivity index (χ0v) is 17.0. The van der Waals surface area contributed by atoms with Crippen LogP contribution in [0.4, 0.5) is 17.6 Å². The average molecular weight is 454 g/mol. The van der Waals surface area contributed by atoms with Gasteiger partial charge in [-0.2, -0.15) is 13.2 Å². The molecule has 162 valence electrons. The van der Waals surface area contributed by atoms with E-state index in [0.717, 1.165) is 23.1 Å². The van der Waals surface area contributed by atoms with Gasteiger partial charge in [0.2, 0.25) is 0 Å². The summed E-state index contributed by atoms with van der Waals surface area (Å²) in [6, 6.07) is 6.77. The van der Waals surface area contributed by atoms with Gasteiger partial charge in [0.1, 0.15) is 11.0 Å². The number of hydrogen-bond donors (Lipinski definition) is 0. The smallest absolute Gasteiger partial charge is 0.337 e. The van der Waals surface area contributed by atoms with E-state index in [4.69, 9.17) is 11.6 Å². The lowest BCUT2D eigenvalue weighted by Gasteiger charge is -2.15. The lowest BCUT2D eigenvalue weighted by Crippen LogP contribution is -2.29. The first-order valence-corrected chi connectivity index (χ1v) is 9.78. The third-order valence-electron chi connectivity index (χ3n) is 5.37. The molecule has 1 unspecified atom stereocenters. The maximum atomic E-state index is 13.5. The summed E-state index contributed by atoms with van der Waals surface area (Å²) < 4.78 is 55.0. The van der Waals surface area contributed by atoms with Gasteiger partial charge < -0.3 is 4.90 Å². The van der Waals surface area contributed by atoms with Gasteiger partial charge in [0, 0.05) is 30.8 Å². The monoisotopic (exact) mass is 453 g/mol.